The molecule has 2 aromatic carbocycles. The van der Waals surface area contributed by atoms with E-state index in [-0.39, 0.29) is 5.76 Å². The first-order valence-electron chi connectivity index (χ1n) is 8.54. The quantitative estimate of drug-likeness (QED) is 0.404. The molecule has 136 valence electrons. The normalized spacial score (nSPS) is 9.85. The van der Waals surface area contributed by atoms with Gasteiger partial charge in [-0.15, -0.1) is 0 Å². The summed E-state index contributed by atoms with van der Waals surface area (Å²) < 4.78 is 11.0. The number of ether oxygens (including phenoxy) is 1. The molecule has 0 unspecified atom stereocenters. The standard InChI is InChI=1S/C19H18N2O3.C2H6/c1-13-2-8-16(9-3-13)24-12-14-4-6-15(7-5-14)17-10-11-23-18(17)19(22)21-20;1-2/h2-11H,12,20H2,1H3,(H,21,22);1-2H3. The Morgan fingerprint density at radius 1 is 1.04 bits per heavy atom. The lowest BCUT2D eigenvalue weighted by Gasteiger charge is -2.08. The van der Waals surface area contributed by atoms with Crippen molar-refractivity contribution in [2.24, 2.45) is 5.84 Å². The SMILES string of the molecule is CC.Cc1ccc(OCc2ccc(-c3ccoc3C(=O)NN)cc2)cc1. The number of nitrogens with one attached hydrogen (secondary N) is 1. The first kappa shape index (κ1) is 19.3. The molecule has 5 heteroatoms. The number of nitrogen functional groups attached to an aromatic ring is 1. The van der Waals surface area contributed by atoms with Crippen LogP contribution in [0.15, 0.2) is 65.3 Å². The summed E-state index contributed by atoms with van der Waals surface area (Å²) >= 11 is 0. The molecule has 5 nitrogen and oxygen atoms in total. The molecule has 0 aliphatic carbocycles. The lowest BCUT2D eigenvalue weighted by Crippen LogP contribution is -2.29. The van der Waals surface area contributed by atoms with E-state index in [2.05, 4.69) is 5.43 Å². The van der Waals surface area contributed by atoms with Crippen LogP contribution in [0.5, 0.6) is 5.75 Å². The largest absolute Gasteiger partial charge is 0.489 e. The summed E-state index contributed by atoms with van der Waals surface area (Å²) in [4.78, 5) is 11.7. The van der Waals surface area contributed by atoms with Gasteiger partial charge in [-0.3, -0.25) is 10.2 Å². The molecule has 0 radical (unpaired) electrons. The van der Waals surface area contributed by atoms with E-state index >= 15 is 0 Å². The first-order valence-corrected chi connectivity index (χ1v) is 8.54. The van der Waals surface area contributed by atoms with Crippen molar-refractivity contribution in [3.63, 3.8) is 0 Å². The number of aryl methyl sites for hydroxylation is 1. The van der Waals surface area contributed by atoms with Gasteiger partial charge < -0.3 is 9.15 Å². The zero-order chi connectivity index (χ0) is 18.9. The van der Waals surface area contributed by atoms with Crippen molar-refractivity contribution in [3.8, 4) is 16.9 Å². The fourth-order valence-electron chi connectivity index (χ4n) is 2.36. The lowest BCUT2D eigenvalue weighted by molar-refractivity contribution is 0.0927. The van der Waals surface area contributed by atoms with Gasteiger partial charge in [-0.25, -0.2) is 5.84 Å². The number of amides is 1. The van der Waals surface area contributed by atoms with E-state index in [4.69, 9.17) is 15.0 Å². The van der Waals surface area contributed by atoms with Crippen molar-refractivity contribution in [2.45, 2.75) is 27.4 Å². The summed E-state index contributed by atoms with van der Waals surface area (Å²) in [5.41, 5.74) is 5.89. The minimum absolute atomic E-state index is 0.196. The van der Waals surface area contributed by atoms with E-state index < -0.39 is 5.91 Å². The molecule has 3 N–H and O–H groups in total. The molecule has 3 rings (SSSR count). The van der Waals surface area contributed by atoms with E-state index in [0.29, 0.717) is 12.2 Å². The number of carbonyl (C=O) groups is 1. The van der Waals surface area contributed by atoms with Crippen molar-refractivity contribution >= 4 is 5.91 Å². The minimum Gasteiger partial charge on any atom is -0.489 e. The van der Waals surface area contributed by atoms with Crippen LogP contribution in [0.2, 0.25) is 0 Å². The van der Waals surface area contributed by atoms with Gasteiger partial charge in [0.15, 0.2) is 5.76 Å². The van der Waals surface area contributed by atoms with Crippen molar-refractivity contribution in [1.29, 1.82) is 0 Å². The number of furan rings is 1. The smallest absolute Gasteiger partial charge is 0.301 e. The van der Waals surface area contributed by atoms with Gasteiger partial charge in [0, 0.05) is 5.56 Å². The third kappa shape index (κ3) is 4.74. The molecule has 0 spiro atoms. The number of hydrogen-bond acceptors (Lipinski definition) is 4. The Hall–Kier alpha value is -3.05. The summed E-state index contributed by atoms with van der Waals surface area (Å²) in [6, 6.07) is 17.4. The van der Waals surface area contributed by atoms with Crippen LogP contribution in [0.1, 0.15) is 35.5 Å². The molecule has 0 saturated heterocycles. The van der Waals surface area contributed by atoms with E-state index in [0.717, 1.165) is 16.9 Å². The fraction of sp³-hybridized carbons (Fsp3) is 0.190. The van der Waals surface area contributed by atoms with Crippen LogP contribution < -0.4 is 16.0 Å². The van der Waals surface area contributed by atoms with Crippen LogP contribution in [0.3, 0.4) is 0 Å². The minimum atomic E-state index is -0.457. The number of nitrogens with two attached hydrogens (primary N) is 1. The highest BCUT2D eigenvalue weighted by atomic mass is 16.5. The maximum Gasteiger partial charge on any atom is 0.301 e. The maximum atomic E-state index is 11.7. The zero-order valence-electron chi connectivity index (χ0n) is 15.3. The number of hydrogen-bond donors (Lipinski definition) is 2. The molecular weight excluding hydrogens is 328 g/mol. The molecule has 1 heterocycles. The number of rotatable bonds is 5. The summed E-state index contributed by atoms with van der Waals surface area (Å²) in [5, 5.41) is 0. The Morgan fingerprint density at radius 3 is 2.31 bits per heavy atom. The number of hydrazine groups is 1. The fourth-order valence-corrected chi connectivity index (χ4v) is 2.36. The van der Waals surface area contributed by atoms with Gasteiger partial charge >= 0.3 is 5.91 Å². The van der Waals surface area contributed by atoms with Gasteiger partial charge in [-0.05, 0) is 36.2 Å². The highest BCUT2D eigenvalue weighted by Crippen LogP contribution is 2.25. The molecule has 26 heavy (non-hydrogen) atoms. The molecule has 0 fully saturated rings. The zero-order valence-corrected chi connectivity index (χ0v) is 15.3. The van der Waals surface area contributed by atoms with Crippen molar-refractivity contribution in [2.75, 3.05) is 0 Å². The van der Waals surface area contributed by atoms with Gasteiger partial charge in [0.05, 0.1) is 6.26 Å². The Kier molecular flexibility index (Phi) is 7.00. The maximum absolute atomic E-state index is 11.7. The van der Waals surface area contributed by atoms with Crippen LogP contribution in [0.25, 0.3) is 11.1 Å². The predicted molar refractivity (Wildman–Crippen MR) is 103 cm³/mol. The van der Waals surface area contributed by atoms with E-state index in [1.54, 1.807) is 6.07 Å². The average Bonchev–Trinajstić information content (AvgIpc) is 3.19. The van der Waals surface area contributed by atoms with Gasteiger partial charge in [-0.1, -0.05) is 55.8 Å². The van der Waals surface area contributed by atoms with Crippen LogP contribution in [0.4, 0.5) is 0 Å². The average molecular weight is 352 g/mol. The Balaban J connectivity index is 0.00000117. The Morgan fingerprint density at radius 2 is 1.69 bits per heavy atom. The van der Waals surface area contributed by atoms with Crippen LogP contribution >= 0.6 is 0 Å². The number of carbonyl (C=O) groups excluding carboxylic acids is 1. The molecule has 0 bridgehead atoms. The van der Waals surface area contributed by atoms with Gasteiger partial charge in [-0.2, -0.15) is 0 Å². The predicted octanol–water partition coefficient (Wildman–Crippen LogP) is 4.46. The molecule has 0 aliphatic rings. The summed E-state index contributed by atoms with van der Waals surface area (Å²) in [6.07, 6.45) is 1.47. The second-order valence-corrected chi connectivity index (χ2v) is 5.44. The molecule has 1 amide bonds. The summed E-state index contributed by atoms with van der Waals surface area (Å²) in [6.45, 7) is 6.52. The second kappa shape index (κ2) is 9.44. The Bertz CT molecular complexity index is 821. The third-order valence-electron chi connectivity index (χ3n) is 3.69. The summed E-state index contributed by atoms with van der Waals surface area (Å²) in [5.74, 6) is 5.74. The highest BCUT2D eigenvalue weighted by Gasteiger charge is 2.15. The van der Waals surface area contributed by atoms with E-state index in [1.165, 1.54) is 11.8 Å². The monoisotopic (exact) mass is 352 g/mol. The third-order valence-corrected chi connectivity index (χ3v) is 3.69. The molecule has 0 saturated carbocycles. The van der Waals surface area contributed by atoms with Gasteiger partial charge in [0.25, 0.3) is 0 Å². The topological polar surface area (TPSA) is 77.5 Å². The van der Waals surface area contributed by atoms with Crippen molar-refractivity contribution in [1.82, 2.24) is 5.43 Å². The highest BCUT2D eigenvalue weighted by molar-refractivity contribution is 5.97. The second-order valence-electron chi connectivity index (χ2n) is 5.44. The Labute approximate surface area is 153 Å². The van der Waals surface area contributed by atoms with E-state index in [1.807, 2.05) is 69.3 Å². The first-order chi connectivity index (χ1) is 12.7. The van der Waals surface area contributed by atoms with Crippen molar-refractivity contribution in [3.05, 3.63) is 77.7 Å². The lowest BCUT2D eigenvalue weighted by atomic mass is 10.0. The van der Waals surface area contributed by atoms with E-state index in [9.17, 15) is 4.79 Å². The van der Waals surface area contributed by atoms with Crippen LogP contribution in [-0.2, 0) is 6.61 Å². The van der Waals surface area contributed by atoms with Crippen molar-refractivity contribution < 1.29 is 13.9 Å². The molecular formula is C21H24N2O3. The van der Waals surface area contributed by atoms with Crippen LogP contribution in [0, 0.1) is 6.92 Å². The summed E-state index contributed by atoms with van der Waals surface area (Å²) in [7, 11) is 0. The molecule has 0 atom stereocenters. The van der Waals surface area contributed by atoms with Gasteiger partial charge in [0.1, 0.15) is 12.4 Å². The number of benzene rings is 2. The molecule has 3 aromatic rings. The molecule has 1 aromatic heterocycles. The van der Waals surface area contributed by atoms with Crippen LogP contribution in [-0.4, -0.2) is 5.91 Å². The van der Waals surface area contributed by atoms with Gasteiger partial charge in [0.2, 0.25) is 0 Å². The molecule has 0 aliphatic heterocycles.